The SMILES string of the molecule is CC(C(=O)NCCc1nc2ccccc2n1C)n1cnc2ccccc2c1=O. The highest BCUT2D eigenvalue weighted by Crippen LogP contribution is 2.14. The Labute approximate surface area is 161 Å². The molecule has 4 rings (SSSR count). The topological polar surface area (TPSA) is 81.8 Å². The van der Waals surface area contributed by atoms with E-state index in [4.69, 9.17) is 0 Å². The molecule has 0 aliphatic carbocycles. The van der Waals surface area contributed by atoms with Crippen molar-refractivity contribution in [3.8, 4) is 0 Å². The Morgan fingerprint density at radius 3 is 2.61 bits per heavy atom. The van der Waals surface area contributed by atoms with Gasteiger partial charge in [0.15, 0.2) is 0 Å². The molecule has 0 saturated carbocycles. The third-order valence-electron chi connectivity index (χ3n) is 5.01. The molecule has 1 atom stereocenters. The fraction of sp³-hybridized carbons (Fsp3) is 0.238. The summed E-state index contributed by atoms with van der Waals surface area (Å²) in [6.45, 7) is 2.14. The first-order chi connectivity index (χ1) is 13.6. The number of carbonyl (C=O) groups is 1. The molecule has 0 fully saturated rings. The molecule has 0 saturated heterocycles. The molecule has 0 aliphatic rings. The highest BCUT2D eigenvalue weighted by molar-refractivity contribution is 5.81. The van der Waals surface area contributed by atoms with Gasteiger partial charge in [0, 0.05) is 20.0 Å². The van der Waals surface area contributed by atoms with Crippen LogP contribution in [0.15, 0.2) is 59.7 Å². The largest absolute Gasteiger partial charge is 0.354 e. The van der Waals surface area contributed by atoms with Crippen LogP contribution in [0.25, 0.3) is 21.9 Å². The van der Waals surface area contributed by atoms with Crippen molar-refractivity contribution in [2.75, 3.05) is 6.54 Å². The minimum Gasteiger partial charge on any atom is -0.354 e. The van der Waals surface area contributed by atoms with E-state index in [-0.39, 0.29) is 11.5 Å². The number of para-hydroxylation sites is 3. The second-order valence-electron chi connectivity index (χ2n) is 6.77. The predicted octanol–water partition coefficient (Wildman–Crippen LogP) is 2.20. The highest BCUT2D eigenvalue weighted by atomic mass is 16.2. The number of nitrogens with one attached hydrogen (secondary N) is 1. The van der Waals surface area contributed by atoms with Crippen LogP contribution in [0.2, 0.25) is 0 Å². The first kappa shape index (κ1) is 17.9. The lowest BCUT2D eigenvalue weighted by molar-refractivity contribution is -0.123. The number of carbonyl (C=O) groups excluding carboxylic acids is 1. The molecule has 0 bridgehead atoms. The van der Waals surface area contributed by atoms with Crippen molar-refractivity contribution in [3.63, 3.8) is 0 Å². The Morgan fingerprint density at radius 2 is 1.82 bits per heavy atom. The lowest BCUT2D eigenvalue weighted by Crippen LogP contribution is -2.37. The van der Waals surface area contributed by atoms with Gasteiger partial charge in [-0.1, -0.05) is 24.3 Å². The van der Waals surface area contributed by atoms with Crippen LogP contribution in [0, 0.1) is 0 Å². The van der Waals surface area contributed by atoms with E-state index in [0.29, 0.717) is 23.9 Å². The fourth-order valence-corrected chi connectivity index (χ4v) is 3.35. The molecule has 0 spiro atoms. The third-order valence-corrected chi connectivity index (χ3v) is 5.01. The molecule has 28 heavy (non-hydrogen) atoms. The molecule has 7 heteroatoms. The smallest absolute Gasteiger partial charge is 0.261 e. The van der Waals surface area contributed by atoms with Gasteiger partial charge in [0.25, 0.3) is 5.56 Å². The first-order valence-electron chi connectivity index (χ1n) is 9.20. The predicted molar refractivity (Wildman–Crippen MR) is 108 cm³/mol. The van der Waals surface area contributed by atoms with Crippen molar-refractivity contribution < 1.29 is 4.79 Å². The number of fused-ring (bicyclic) bond motifs is 2. The summed E-state index contributed by atoms with van der Waals surface area (Å²) in [4.78, 5) is 34.1. The van der Waals surface area contributed by atoms with Crippen LogP contribution in [-0.4, -0.2) is 31.6 Å². The van der Waals surface area contributed by atoms with Gasteiger partial charge in [-0.2, -0.15) is 0 Å². The van der Waals surface area contributed by atoms with E-state index >= 15 is 0 Å². The molecule has 142 valence electrons. The molecule has 2 aromatic heterocycles. The summed E-state index contributed by atoms with van der Waals surface area (Å²) in [7, 11) is 1.97. The van der Waals surface area contributed by atoms with Crippen LogP contribution in [0.5, 0.6) is 0 Å². The normalized spacial score (nSPS) is 12.4. The van der Waals surface area contributed by atoms with E-state index in [1.807, 2.05) is 41.9 Å². The molecule has 0 radical (unpaired) electrons. The second kappa shape index (κ2) is 7.26. The van der Waals surface area contributed by atoms with Crippen LogP contribution in [0.1, 0.15) is 18.8 Å². The van der Waals surface area contributed by atoms with E-state index in [0.717, 1.165) is 16.9 Å². The lowest BCUT2D eigenvalue weighted by atomic mass is 10.2. The molecule has 1 unspecified atom stereocenters. The zero-order valence-corrected chi connectivity index (χ0v) is 15.8. The standard InChI is InChI=1S/C21H21N5O2/c1-14(26-13-23-16-8-4-3-7-15(16)21(26)28)20(27)22-12-11-19-24-17-9-5-6-10-18(17)25(19)2/h3-10,13-14H,11-12H2,1-2H3,(H,22,27). The van der Waals surface area contributed by atoms with Crippen molar-refractivity contribution in [2.45, 2.75) is 19.4 Å². The van der Waals surface area contributed by atoms with Crippen LogP contribution in [0.3, 0.4) is 0 Å². The number of nitrogens with zero attached hydrogens (tertiary/aromatic N) is 4. The lowest BCUT2D eigenvalue weighted by Gasteiger charge is -2.15. The van der Waals surface area contributed by atoms with Crippen molar-refractivity contribution >= 4 is 27.8 Å². The van der Waals surface area contributed by atoms with Gasteiger partial charge in [0.05, 0.1) is 28.3 Å². The summed E-state index contributed by atoms with van der Waals surface area (Å²) >= 11 is 0. The monoisotopic (exact) mass is 375 g/mol. The van der Waals surface area contributed by atoms with Gasteiger partial charge >= 0.3 is 0 Å². The molecular formula is C21H21N5O2. The minimum absolute atomic E-state index is 0.219. The summed E-state index contributed by atoms with van der Waals surface area (Å²) in [5.41, 5.74) is 2.40. The molecule has 0 aliphatic heterocycles. The van der Waals surface area contributed by atoms with Gasteiger partial charge in [-0.25, -0.2) is 9.97 Å². The molecule has 2 aromatic carbocycles. The zero-order valence-electron chi connectivity index (χ0n) is 15.8. The highest BCUT2D eigenvalue weighted by Gasteiger charge is 2.17. The Hall–Kier alpha value is -3.48. The number of aryl methyl sites for hydroxylation is 1. The van der Waals surface area contributed by atoms with Crippen LogP contribution >= 0.6 is 0 Å². The maximum Gasteiger partial charge on any atom is 0.261 e. The molecule has 2 heterocycles. The quantitative estimate of drug-likeness (QED) is 0.580. The summed E-state index contributed by atoms with van der Waals surface area (Å²) in [5, 5.41) is 3.40. The van der Waals surface area contributed by atoms with E-state index in [1.54, 1.807) is 25.1 Å². The van der Waals surface area contributed by atoms with E-state index in [9.17, 15) is 9.59 Å². The van der Waals surface area contributed by atoms with Crippen molar-refractivity contribution in [1.29, 1.82) is 0 Å². The Bertz CT molecular complexity index is 1220. The van der Waals surface area contributed by atoms with Gasteiger partial charge < -0.3 is 9.88 Å². The molecule has 7 nitrogen and oxygen atoms in total. The number of hydrogen-bond acceptors (Lipinski definition) is 4. The Morgan fingerprint density at radius 1 is 1.11 bits per heavy atom. The Balaban J connectivity index is 1.45. The van der Waals surface area contributed by atoms with Crippen LogP contribution < -0.4 is 10.9 Å². The molecule has 1 amide bonds. The Kier molecular flexibility index (Phi) is 4.65. The number of amides is 1. The van der Waals surface area contributed by atoms with Gasteiger partial charge in [-0.05, 0) is 31.2 Å². The number of aromatic nitrogens is 4. The van der Waals surface area contributed by atoms with Crippen molar-refractivity contribution in [2.24, 2.45) is 7.05 Å². The summed E-state index contributed by atoms with van der Waals surface area (Å²) in [6.07, 6.45) is 2.04. The molecule has 4 aromatic rings. The van der Waals surface area contributed by atoms with Gasteiger partial charge in [0.1, 0.15) is 11.9 Å². The number of benzene rings is 2. The van der Waals surface area contributed by atoms with Gasteiger partial charge in [0.2, 0.25) is 5.91 Å². The number of rotatable bonds is 5. The minimum atomic E-state index is -0.648. The molecular weight excluding hydrogens is 354 g/mol. The van der Waals surface area contributed by atoms with Gasteiger partial charge in [-0.3, -0.25) is 14.2 Å². The average Bonchev–Trinajstić information content (AvgIpc) is 3.04. The molecule has 1 N–H and O–H groups in total. The van der Waals surface area contributed by atoms with Crippen molar-refractivity contribution in [1.82, 2.24) is 24.4 Å². The summed E-state index contributed by atoms with van der Waals surface area (Å²) < 4.78 is 3.40. The number of imidazole rings is 1. The maximum absolute atomic E-state index is 12.6. The van der Waals surface area contributed by atoms with Crippen LogP contribution in [-0.2, 0) is 18.3 Å². The summed E-state index contributed by atoms with van der Waals surface area (Å²) in [5.74, 6) is 0.677. The van der Waals surface area contributed by atoms with Crippen LogP contribution in [0.4, 0.5) is 0 Å². The summed E-state index contributed by atoms with van der Waals surface area (Å²) in [6, 6.07) is 14.4. The van der Waals surface area contributed by atoms with E-state index in [2.05, 4.69) is 15.3 Å². The first-order valence-corrected chi connectivity index (χ1v) is 9.20. The second-order valence-corrected chi connectivity index (χ2v) is 6.77. The fourth-order valence-electron chi connectivity index (χ4n) is 3.35. The van der Waals surface area contributed by atoms with E-state index < -0.39 is 6.04 Å². The van der Waals surface area contributed by atoms with Crippen molar-refractivity contribution in [3.05, 3.63) is 71.0 Å². The zero-order chi connectivity index (χ0) is 19.7. The number of hydrogen-bond donors (Lipinski definition) is 1. The average molecular weight is 375 g/mol. The van der Waals surface area contributed by atoms with E-state index in [1.165, 1.54) is 10.9 Å². The third kappa shape index (κ3) is 3.15. The maximum atomic E-state index is 12.6. The van der Waals surface area contributed by atoms with Gasteiger partial charge in [-0.15, -0.1) is 0 Å².